The topological polar surface area (TPSA) is 38.9 Å². The number of aromatic nitrogens is 1. The van der Waals surface area contributed by atoms with Crippen molar-refractivity contribution in [3.8, 4) is 0 Å². The zero-order chi connectivity index (χ0) is 9.47. The third-order valence-corrected chi connectivity index (χ3v) is 3.35. The standard InChI is InChI=1S/C11H16N2/c1-11(2)9(6-12)10(11)8-4-3-5-13-7-8/h3-5,7,9-10H,6,12H2,1-2H3/t9-,10-/m1/s1. The minimum atomic E-state index is 0.373. The number of hydrogen-bond donors (Lipinski definition) is 1. The van der Waals surface area contributed by atoms with Crippen molar-refractivity contribution in [2.75, 3.05) is 6.54 Å². The minimum absolute atomic E-state index is 0.373. The molecule has 0 spiro atoms. The van der Waals surface area contributed by atoms with Crippen LogP contribution >= 0.6 is 0 Å². The number of rotatable bonds is 2. The van der Waals surface area contributed by atoms with E-state index in [1.165, 1.54) is 5.56 Å². The Morgan fingerprint density at radius 1 is 1.54 bits per heavy atom. The lowest BCUT2D eigenvalue weighted by molar-refractivity contribution is 0.558. The fourth-order valence-electron chi connectivity index (χ4n) is 2.41. The summed E-state index contributed by atoms with van der Waals surface area (Å²) in [5.74, 6) is 1.25. The Morgan fingerprint density at radius 2 is 2.31 bits per heavy atom. The Labute approximate surface area is 79.2 Å². The Bertz CT molecular complexity index is 292. The summed E-state index contributed by atoms with van der Waals surface area (Å²) < 4.78 is 0. The average molecular weight is 176 g/mol. The number of hydrogen-bond acceptors (Lipinski definition) is 2. The summed E-state index contributed by atoms with van der Waals surface area (Å²) in [5, 5.41) is 0. The molecular formula is C11H16N2. The zero-order valence-electron chi connectivity index (χ0n) is 8.20. The van der Waals surface area contributed by atoms with E-state index >= 15 is 0 Å². The highest BCUT2D eigenvalue weighted by molar-refractivity contribution is 5.29. The van der Waals surface area contributed by atoms with Crippen molar-refractivity contribution in [1.82, 2.24) is 4.98 Å². The number of nitrogens with two attached hydrogens (primary N) is 1. The molecule has 1 aromatic heterocycles. The van der Waals surface area contributed by atoms with Crippen LogP contribution in [-0.2, 0) is 0 Å². The van der Waals surface area contributed by atoms with Crippen molar-refractivity contribution in [3.05, 3.63) is 30.1 Å². The summed E-state index contributed by atoms with van der Waals surface area (Å²) in [4.78, 5) is 4.14. The molecule has 0 amide bonds. The van der Waals surface area contributed by atoms with Crippen LogP contribution in [0.5, 0.6) is 0 Å². The molecule has 2 heteroatoms. The van der Waals surface area contributed by atoms with Crippen molar-refractivity contribution in [2.45, 2.75) is 19.8 Å². The second kappa shape index (κ2) is 2.81. The zero-order valence-corrected chi connectivity index (χ0v) is 8.20. The molecule has 1 aromatic rings. The molecule has 0 radical (unpaired) electrons. The first kappa shape index (κ1) is 8.70. The highest BCUT2D eigenvalue weighted by Gasteiger charge is 2.57. The van der Waals surface area contributed by atoms with Crippen LogP contribution in [0.3, 0.4) is 0 Å². The fourth-order valence-corrected chi connectivity index (χ4v) is 2.41. The van der Waals surface area contributed by atoms with Gasteiger partial charge in [-0.3, -0.25) is 4.98 Å². The normalized spacial score (nSPS) is 30.1. The maximum absolute atomic E-state index is 5.72. The van der Waals surface area contributed by atoms with E-state index in [-0.39, 0.29) is 0 Å². The van der Waals surface area contributed by atoms with Crippen LogP contribution in [-0.4, -0.2) is 11.5 Å². The molecule has 1 saturated carbocycles. The molecule has 2 rings (SSSR count). The third-order valence-electron chi connectivity index (χ3n) is 3.35. The van der Waals surface area contributed by atoms with E-state index in [1.54, 1.807) is 0 Å². The largest absolute Gasteiger partial charge is 0.330 e. The van der Waals surface area contributed by atoms with E-state index in [2.05, 4.69) is 24.9 Å². The van der Waals surface area contributed by atoms with Gasteiger partial charge >= 0.3 is 0 Å². The Morgan fingerprint density at radius 3 is 2.77 bits per heavy atom. The molecule has 0 saturated heterocycles. The van der Waals surface area contributed by atoms with Crippen LogP contribution < -0.4 is 5.73 Å². The molecule has 1 aliphatic rings. The molecule has 0 aliphatic heterocycles. The van der Waals surface area contributed by atoms with Crippen LogP contribution in [0, 0.1) is 11.3 Å². The predicted molar refractivity (Wildman–Crippen MR) is 53.3 cm³/mol. The Kier molecular flexibility index (Phi) is 1.88. The quantitative estimate of drug-likeness (QED) is 0.746. The first-order valence-corrected chi connectivity index (χ1v) is 4.78. The van der Waals surface area contributed by atoms with Gasteiger partial charge < -0.3 is 5.73 Å². The second-order valence-electron chi connectivity index (χ2n) is 4.43. The smallest absolute Gasteiger partial charge is 0.0303 e. The Hall–Kier alpha value is -0.890. The van der Waals surface area contributed by atoms with E-state index in [0.717, 1.165) is 6.54 Å². The van der Waals surface area contributed by atoms with Gasteiger partial charge in [0.1, 0.15) is 0 Å². The first-order valence-electron chi connectivity index (χ1n) is 4.78. The Balaban J connectivity index is 2.22. The number of pyridine rings is 1. The van der Waals surface area contributed by atoms with Gasteiger partial charge in [-0.1, -0.05) is 19.9 Å². The van der Waals surface area contributed by atoms with Crippen molar-refractivity contribution in [1.29, 1.82) is 0 Å². The first-order chi connectivity index (χ1) is 6.18. The van der Waals surface area contributed by atoms with Crippen LogP contribution in [0.25, 0.3) is 0 Å². The molecule has 13 heavy (non-hydrogen) atoms. The summed E-state index contributed by atoms with van der Waals surface area (Å²) in [6.07, 6.45) is 3.78. The molecule has 2 nitrogen and oxygen atoms in total. The van der Waals surface area contributed by atoms with Gasteiger partial charge in [-0.05, 0) is 35.4 Å². The van der Waals surface area contributed by atoms with Gasteiger partial charge in [0.25, 0.3) is 0 Å². The van der Waals surface area contributed by atoms with Crippen LogP contribution in [0.1, 0.15) is 25.3 Å². The summed E-state index contributed by atoms with van der Waals surface area (Å²) in [7, 11) is 0. The average Bonchev–Trinajstić information content (AvgIpc) is 2.69. The predicted octanol–water partition coefficient (Wildman–Crippen LogP) is 1.78. The molecule has 70 valence electrons. The van der Waals surface area contributed by atoms with E-state index in [0.29, 0.717) is 17.3 Å². The van der Waals surface area contributed by atoms with Gasteiger partial charge in [0, 0.05) is 12.4 Å². The van der Waals surface area contributed by atoms with Gasteiger partial charge in [0.05, 0.1) is 0 Å². The molecule has 0 aromatic carbocycles. The van der Waals surface area contributed by atoms with Gasteiger partial charge in [-0.15, -0.1) is 0 Å². The summed E-state index contributed by atoms with van der Waals surface area (Å²) in [6, 6.07) is 4.15. The van der Waals surface area contributed by atoms with E-state index in [9.17, 15) is 0 Å². The molecule has 1 aliphatic carbocycles. The highest BCUT2D eigenvalue weighted by atomic mass is 14.7. The highest BCUT2D eigenvalue weighted by Crippen LogP contribution is 2.63. The molecule has 0 unspecified atom stereocenters. The molecular weight excluding hydrogens is 160 g/mol. The lowest BCUT2D eigenvalue weighted by atomic mass is 10.1. The van der Waals surface area contributed by atoms with Gasteiger partial charge in [0.15, 0.2) is 0 Å². The van der Waals surface area contributed by atoms with E-state index in [4.69, 9.17) is 5.73 Å². The lowest BCUT2D eigenvalue weighted by Gasteiger charge is -2.01. The maximum atomic E-state index is 5.72. The molecule has 1 heterocycles. The van der Waals surface area contributed by atoms with Crippen molar-refractivity contribution >= 4 is 0 Å². The van der Waals surface area contributed by atoms with Crippen molar-refractivity contribution in [2.24, 2.45) is 17.1 Å². The lowest BCUT2D eigenvalue weighted by Crippen LogP contribution is -2.05. The second-order valence-corrected chi connectivity index (χ2v) is 4.43. The van der Waals surface area contributed by atoms with Gasteiger partial charge in [-0.25, -0.2) is 0 Å². The van der Waals surface area contributed by atoms with Crippen LogP contribution in [0.4, 0.5) is 0 Å². The van der Waals surface area contributed by atoms with E-state index in [1.807, 2.05) is 18.5 Å². The monoisotopic (exact) mass is 176 g/mol. The molecule has 2 atom stereocenters. The molecule has 0 bridgehead atoms. The van der Waals surface area contributed by atoms with Crippen molar-refractivity contribution < 1.29 is 0 Å². The summed E-state index contributed by atoms with van der Waals surface area (Å²) in [6.45, 7) is 5.34. The minimum Gasteiger partial charge on any atom is -0.330 e. The summed E-state index contributed by atoms with van der Waals surface area (Å²) in [5.41, 5.74) is 7.43. The van der Waals surface area contributed by atoms with E-state index < -0.39 is 0 Å². The summed E-state index contributed by atoms with van der Waals surface area (Å²) >= 11 is 0. The molecule has 2 N–H and O–H groups in total. The maximum Gasteiger partial charge on any atom is 0.0303 e. The fraction of sp³-hybridized carbons (Fsp3) is 0.545. The molecule has 1 fully saturated rings. The van der Waals surface area contributed by atoms with Gasteiger partial charge in [-0.2, -0.15) is 0 Å². The van der Waals surface area contributed by atoms with Crippen LogP contribution in [0.2, 0.25) is 0 Å². The van der Waals surface area contributed by atoms with Crippen molar-refractivity contribution in [3.63, 3.8) is 0 Å². The number of nitrogens with zero attached hydrogens (tertiary/aromatic N) is 1. The van der Waals surface area contributed by atoms with Crippen LogP contribution in [0.15, 0.2) is 24.5 Å². The van der Waals surface area contributed by atoms with Gasteiger partial charge in [0.2, 0.25) is 0 Å². The third kappa shape index (κ3) is 1.25. The SMILES string of the molecule is CC1(C)[C@H](CN)[C@H]1c1cccnc1.